The highest BCUT2D eigenvalue weighted by molar-refractivity contribution is 5.52. The van der Waals surface area contributed by atoms with Crippen LogP contribution in [0, 0.1) is 5.41 Å². The zero-order valence-electron chi connectivity index (χ0n) is 12.4. The first-order valence-corrected chi connectivity index (χ1v) is 7.45. The van der Waals surface area contributed by atoms with Crippen LogP contribution < -0.4 is 10.1 Å². The van der Waals surface area contributed by atoms with Crippen molar-refractivity contribution in [3.8, 4) is 5.88 Å². The van der Waals surface area contributed by atoms with E-state index in [0.29, 0.717) is 18.1 Å². The molecule has 1 saturated carbocycles. The molecule has 0 radical (unpaired) electrons. The maximum absolute atomic E-state index is 5.58. The number of rotatable bonds is 4. The van der Waals surface area contributed by atoms with Gasteiger partial charge in [-0.2, -0.15) is 0 Å². The predicted molar refractivity (Wildman–Crippen MR) is 79.7 cm³/mol. The molecule has 19 heavy (non-hydrogen) atoms. The molecule has 1 aromatic heterocycles. The van der Waals surface area contributed by atoms with Crippen LogP contribution in [0.2, 0.25) is 0 Å². The Morgan fingerprint density at radius 3 is 3.00 bits per heavy atom. The Morgan fingerprint density at radius 2 is 2.21 bits per heavy atom. The van der Waals surface area contributed by atoms with E-state index in [2.05, 4.69) is 30.2 Å². The van der Waals surface area contributed by atoms with Gasteiger partial charge in [0.2, 0.25) is 5.88 Å². The van der Waals surface area contributed by atoms with Crippen molar-refractivity contribution in [2.24, 2.45) is 5.41 Å². The molecule has 3 heteroatoms. The average Bonchev–Trinajstić information content (AvgIpc) is 2.54. The van der Waals surface area contributed by atoms with Crippen LogP contribution in [0.3, 0.4) is 0 Å². The van der Waals surface area contributed by atoms with Crippen molar-refractivity contribution in [3.63, 3.8) is 0 Å². The zero-order chi connectivity index (χ0) is 13.7. The maximum Gasteiger partial charge on any atom is 0.237 e. The number of pyridine rings is 1. The Bertz CT molecular complexity index is 403. The first kappa shape index (κ1) is 14.2. The second-order valence-electron chi connectivity index (χ2n) is 6.23. The first-order chi connectivity index (χ1) is 9.11. The van der Waals surface area contributed by atoms with Crippen LogP contribution in [0.25, 0.3) is 0 Å². The van der Waals surface area contributed by atoms with Gasteiger partial charge in [-0.15, -0.1) is 0 Å². The number of anilines is 1. The summed E-state index contributed by atoms with van der Waals surface area (Å²) in [6, 6.07) is 4.57. The Balaban J connectivity index is 2.01. The lowest BCUT2D eigenvalue weighted by Gasteiger charge is -2.22. The van der Waals surface area contributed by atoms with Crippen molar-refractivity contribution in [1.29, 1.82) is 0 Å². The van der Waals surface area contributed by atoms with Gasteiger partial charge in [-0.1, -0.05) is 20.3 Å². The van der Waals surface area contributed by atoms with E-state index in [1.807, 2.05) is 13.0 Å². The Hall–Kier alpha value is -1.25. The standard InChI is InChI=1S/C16H26N2O/c1-4-19-15-14(8-6-12-17-15)18-13-7-5-10-16(2,3)11-9-13/h6,8,12-13,18H,4-5,7,9-11H2,1-3H3. The highest BCUT2D eigenvalue weighted by Gasteiger charge is 2.24. The summed E-state index contributed by atoms with van der Waals surface area (Å²) in [5, 5.41) is 3.62. The minimum absolute atomic E-state index is 0.494. The number of hydrogen-bond donors (Lipinski definition) is 1. The van der Waals surface area contributed by atoms with Crippen LogP contribution in [0.4, 0.5) is 5.69 Å². The topological polar surface area (TPSA) is 34.1 Å². The molecule has 1 unspecified atom stereocenters. The van der Waals surface area contributed by atoms with Gasteiger partial charge >= 0.3 is 0 Å². The second-order valence-corrected chi connectivity index (χ2v) is 6.23. The van der Waals surface area contributed by atoms with E-state index in [1.54, 1.807) is 6.20 Å². The van der Waals surface area contributed by atoms with Crippen LogP contribution in [-0.2, 0) is 0 Å². The molecular formula is C16H26N2O. The van der Waals surface area contributed by atoms with E-state index in [0.717, 1.165) is 11.6 Å². The van der Waals surface area contributed by atoms with Gasteiger partial charge in [0.15, 0.2) is 0 Å². The van der Waals surface area contributed by atoms with Gasteiger partial charge in [-0.3, -0.25) is 0 Å². The van der Waals surface area contributed by atoms with Crippen LogP contribution in [-0.4, -0.2) is 17.6 Å². The molecule has 1 aromatic rings. The van der Waals surface area contributed by atoms with Crippen LogP contribution in [0.1, 0.15) is 52.9 Å². The van der Waals surface area contributed by atoms with Crippen LogP contribution in [0.5, 0.6) is 5.88 Å². The van der Waals surface area contributed by atoms with Gasteiger partial charge in [0, 0.05) is 12.2 Å². The van der Waals surface area contributed by atoms with E-state index in [4.69, 9.17) is 4.74 Å². The third kappa shape index (κ3) is 4.12. The fraction of sp³-hybridized carbons (Fsp3) is 0.688. The van der Waals surface area contributed by atoms with Crippen molar-refractivity contribution >= 4 is 5.69 Å². The van der Waals surface area contributed by atoms with Gasteiger partial charge in [0.25, 0.3) is 0 Å². The van der Waals surface area contributed by atoms with E-state index in [9.17, 15) is 0 Å². The molecule has 0 aliphatic heterocycles. The largest absolute Gasteiger partial charge is 0.476 e. The van der Waals surface area contributed by atoms with Crippen molar-refractivity contribution in [2.45, 2.75) is 58.9 Å². The predicted octanol–water partition coefficient (Wildman–Crippen LogP) is 4.25. The van der Waals surface area contributed by atoms with E-state index in [1.165, 1.54) is 32.1 Å². The second kappa shape index (κ2) is 6.27. The Morgan fingerprint density at radius 1 is 1.37 bits per heavy atom. The van der Waals surface area contributed by atoms with Gasteiger partial charge in [-0.05, 0) is 50.2 Å². The molecular weight excluding hydrogens is 236 g/mol. The normalized spacial score (nSPS) is 22.6. The lowest BCUT2D eigenvalue weighted by Crippen LogP contribution is -2.20. The highest BCUT2D eigenvalue weighted by Crippen LogP contribution is 2.35. The monoisotopic (exact) mass is 262 g/mol. The molecule has 1 aliphatic rings. The summed E-state index contributed by atoms with van der Waals surface area (Å²) in [6.45, 7) is 7.41. The third-order valence-electron chi connectivity index (χ3n) is 3.99. The summed E-state index contributed by atoms with van der Waals surface area (Å²) in [7, 11) is 0. The number of nitrogens with one attached hydrogen (secondary N) is 1. The summed E-state index contributed by atoms with van der Waals surface area (Å²) in [5.41, 5.74) is 1.53. The molecule has 0 aromatic carbocycles. The molecule has 1 heterocycles. The molecule has 1 aliphatic carbocycles. The van der Waals surface area contributed by atoms with Crippen LogP contribution >= 0.6 is 0 Å². The minimum Gasteiger partial charge on any atom is -0.476 e. The minimum atomic E-state index is 0.494. The lowest BCUT2D eigenvalue weighted by atomic mass is 9.85. The highest BCUT2D eigenvalue weighted by atomic mass is 16.5. The number of nitrogens with zero attached hydrogens (tertiary/aromatic N) is 1. The molecule has 0 amide bonds. The fourth-order valence-electron chi connectivity index (χ4n) is 2.78. The molecule has 1 N–H and O–H groups in total. The third-order valence-corrected chi connectivity index (χ3v) is 3.99. The first-order valence-electron chi connectivity index (χ1n) is 7.45. The summed E-state index contributed by atoms with van der Waals surface area (Å²) >= 11 is 0. The Labute approximate surface area is 116 Å². The average molecular weight is 262 g/mol. The molecule has 106 valence electrons. The maximum atomic E-state index is 5.58. The molecule has 3 nitrogen and oxygen atoms in total. The summed E-state index contributed by atoms with van der Waals surface area (Å²) in [5.74, 6) is 0.730. The van der Waals surface area contributed by atoms with E-state index >= 15 is 0 Å². The fourth-order valence-corrected chi connectivity index (χ4v) is 2.78. The molecule has 1 fully saturated rings. The van der Waals surface area contributed by atoms with Crippen molar-refractivity contribution < 1.29 is 4.74 Å². The molecule has 2 rings (SSSR count). The smallest absolute Gasteiger partial charge is 0.237 e. The SMILES string of the molecule is CCOc1ncccc1NC1CCCC(C)(C)CC1. The van der Waals surface area contributed by atoms with Gasteiger partial charge in [0.1, 0.15) is 0 Å². The van der Waals surface area contributed by atoms with Crippen molar-refractivity contribution in [1.82, 2.24) is 4.98 Å². The van der Waals surface area contributed by atoms with Gasteiger partial charge in [0.05, 0.1) is 12.3 Å². The van der Waals surface area contributed by atoms with E-state index < -0.39 is 0 Å². The zero-order valence-corrected chi connectivity index (χ0v) is 12.4. The van der Waals surface area contributed by atoms with Gasteiger partial charge in [-0.25, -0.2) is 4.98 Å². The molecule has 0 spiro atoms. The summed E-state index contributed by atoms with van der Waals surface area (Å²) in [6.07, 6.45) is 8.17. The summed E-state index contributed by atoms with van der Waals surface area (Å²) < 4.78 is 5.58. The van der Waals surface area contributed by atoms with Gasteiger partial charge < -0.3 is 10.1 Å². The number of aromatic nitrogens is 1. The molecule has 0 bridgehead atoms. The summed E-state index contributed by atoms with van der Waals surface area (Å²) in [4.78, 5) is 4.30. The number of ether oxygens (including phenoxy) is 1. The molecule has 0 saturated heterocycles. The van der Waals surface area contributed by atoms with Crippen LogP contribution in [0.15, 0.2) is 18.3 Å². The Kier molecular flexibility index (Phi) is 4.67. The quantitative estimate of drug-likeness (QED) is 0.824. The van der Waals surface area contributed by atoms with Crippen molar-refractivity contribution in [3.05, 3.63) is 18.3 Å². The number of hydrogen-bond acceptors (Lipinski definition) is 3. The van der Waals surface area contributed by atoms with Crippen molar-refractivity contribution in [2.75, 3.05) is 11.9 Å². The van der Waals surface area contributed by atoms with E-state index in [-0.39, 0.29) is 0 Å². The lowest BCUT2D eigenvalue weighted by molar-refractivity contribution is 0.313. The molecule has 1 atom stereocenters.